The second-order valence-corrected chi connectivity index (χ2v) is 9.55. The number of nitrogens with two attached hydrogens (primary N) is 1. The third kappa shape index (κ3) is 6.73. The minimum absolute atomic E-state index is 0. The third-order valence-corrected chi connectivity index (χ3v) is 7.11. The highest BCUT2D eigenvalue weighted by atomic mass is 35.5. The van der Waals surface area contributed by atoms with Gasteiger partial charge in [0.1, 0.15) is 12.1 Å². The Hall–Kier alpha value is -2.64. The summed E-state index contributed by atoms with van der Waals surface area (Å²) in [4.78, 5) is 41.1. The number of nitrogens with zero attached hydrogens (tertiary/aromatic N) is 1. The lowest BCUT2D eigenvalue weighted by Gasteiger charge is -2.28. The standard InChI is InChI=1S/C27H36N4O3.ClH/c28-14-6-15-29-25(32)23(18-19-12-13-20-7-1-4-10-22(20)17-19)30-26(33)24-11-5-16-31(24)27(34)21-8-2-3-9-21;/h1,4,7,10,12-13,17,21,23-24H,2-3,5-6,8-9,11,14-16,18,28H2,(H,29,32)(H,30,33);1H/t23-,24?;/m1./s1. The number of hydrogen-bond donors (Lipinski definition) is 3. The Morgan fingerprint density at radius 3 is 2.49 bits per heavy atom. The van der Waals surface area contributed by atoms with Crippen molar-refractivity contribution in [1.82, 2.24) is 15.5 Å². The van der Waals surface area contributed by atoms with Crippen molar-refractivity contribution in [3.8, 4) is 0 Å². The largest absolute Gasteiger partial charge is 0.354 e. The normalized spacial score (nSPS) is 18.8. The van der Waals surface area contributed by atoms with Gasteiger partial charge in [-0.1, -0.05) is 55.3 Å². The van der Waals surface area contributed by atoms with Crippen LogP contribution in [0.4, 0.5) is 0 Å². The van der Waals surface area contributed by atoms with Gasteiger partial charge in [0, 0.05) is 25.4 Å². The lowest BCUT2D eigenvalue weighted by atomic mass is 10.0. The van der Waals surface area contributed by atoms with Gasteiger partial charge in [-0.3, -0.25) is 14.4 Å². The predicted octanol–water partition coefficient (Wildman–Crippen LogP) is 2.94. The molecule has 8 heteroatoms. The van der Waals surface area contributed by atoms with Crippen molar-refractivity contribution in [2.75, 3.05) is 19.6 Å². The molecule has 3 amide bonds. The molecule has 2 aromatic carbocycles. The van der Waals surface area contributed by atoms with Gasteiger partial charge in [-0.2, -0.15) is 0 Å². The number of nitrogens with one attached hydrogen (secondary N) is 2. The number of fused-ring (bicyclic) bond motifs is 1. The van der Waals surface area contributed by atoms with Crippen LogP contribution in [0.25, 0.3) is 10.8 Å². The van der Waals surface area contributed by atoms with Crippen LogP contribution in [0.5, 0.6) is 0 Å². The van der Waals surface area contributed by atoms with Crippen molar-refractivity contribution in [3.63, 3.8) is 0 Å². The molecule has 1 aliphatic heterocycles. The third-order valence-electron chi connectivity index (χ3n) is 7.11. The Morgan fingerprint density at radius 2 is 1.74 bits per heavy atom. The maximum Gasteiger partial charge on any atom is 0.243 e. The van der Waals surface area contributed by atoms with E-state index < -0.39 is 12.1 Å². The molecule has 2 atom stereocenters. The SMILES string of the molecule is Cl.NCCCNC(=O)[C@@H](Cc1ccc2ccccc2c1)NC(=O)C1CCCN1C(=O)C1CCCC1. The topological polar surface area (TPSA) is 105 Å². The average molecular weight is 501 g/mol. The molecule has 1 aliphatic carbocycles. The average Bonchev–Trinajstić information content (AvgIpc) is 3.56. The smallest absolute Gasteiger partial charge is 0.243 e. The zero-order valence-electron chi connectivity index (χ0n) is 20.2. The molecule has 2 aromatic rings. The molecular weight excluding hydrogens is 464 g/mol. The highest BCUT2D eigenvalue weighted by Gasteiger charge is 2.38. The van der Waals surface area contributed by atoms with E-state index in [9.17, 15) is 14.4 Å². The number of carbonyl (C=O) groups excluding carboxylic acids is 3. The van der Waals surface area contributed by atoms with E-state index in [1.807, 2.05) is 36.4 Å². The monoisotopic (exact) mass is 500 g/mol. The Labute approximate surface area is 213 Å². The first kappa shape index (κ1) is 27.0. The van der Waals surface area contributed by atoms with E-state index in [0.717, 1.165) is 48.4 Å². The zero-order valence-corrected chi connectivity index (χ0v) is 21.0. The van der Waals surface area contributed by atoms with Gasteiger partial charge in [-0.05, 0) is 55.0 Å². The molecule has 1 saturated carbocycles. The van der Waals surface area contributed by atoms with Gasteiger partial charge in [-0.15, -0.1) is 12.4 Å². The molecule has 4 rings (SSSR count). The van der Waals surface area contributed by atoms with Gasteiger partial charge in [0.05, 0.1) is 0 Å². The summed E-state index contributed by atoms with van der Waals surface area (Å²) in [5.74, 6) is -0.305. The van der Waals surface area contributed by atoms with Crippen molar-refractivity contribution in [2.45, 2.75) is 63.5 Å². The number of carbonyl (C=O) groups is 3. The highest BCUT2D eigenvalue weighted by molar-refractivity contribution is 5.93. The van der Waals surface area contributed by atoms with E-state index in [2.05, 4.69) is 16.7 Å². The Bertz CT molecular complexity index is 1020. The van der Waals surface area contributed by atoms with E-state index in [1.165, 1.54) is 0 Å². The Balaban J connectivity index is 0.00000342. The van der Waals surface area contributed by atoms with Crippen molar-refractivity contribution in [2.24, 2.45) is 11.7 Å². The summed E-state index contributed by atoms with van der Waals surface area (Å²) >= 11 is 0. The van der Waals surface area contributed by atoms with Crippen molar-refractivity contribution in [3.05, 3.63) is 48.0 Å². The molecule has 2 aliphatic rings. The summed E-state index contributed by atoms with van der Waals surface area (Å²) in [7, 11) is 0. The maximum absolute atomic E-state index is 13.3. The second-order valence-electron chi connectivity index (χ2n) is 9.55. The molecule has 0 bridgehead atoms. The minimum atomic E-state index is -0.713. The van der Waals surface area contributed by atoms with Crippen LogP contribution in [0, 0.1) is 5.92 Å². The number of amides is 3. The first-order chi connectivity index (χ1) is 16.6. The molecule has 7 nitrogen and oxygen atoms in total. The van der Waals surface area contributed by atoms with Gasteiger partial charge in [-0.25, -0.2) is 0 Å². The predicted molar refractivity (Wildman–Crippen MR) is 140 cm³/mol. The summed E-state index contributed by atoms with van der Waals surface area (Å²) in [6.45, 7) is 1.57. The Kier molecular flexibility index (Phi) is 9.93. The molecule has 1 unspecified atom stereocenters. The van der Waals surface area contributed by atoms with E-state index in [4.69, 9.17) is 5.73 Å². The fourth-order valence-electron chi connectivity index (χ4n) is 5.23. The van der Waals surface area contributed by atoms with E-state index in [1.54, 1.807) is 4.90 Å². The summed E-state index contributed by atoms with van der Waals surface area (Å²) in [5.41, 5.74) is 6.54. The van der Waals surface area contributed by atoms with Crippen molar-refractivity contribution >= 4 is 40.9 Å². The maximum atomic E-state index is 13.3. The van der Waals surface area contributed by atoms with Crippen molar-refractivity contribution in [1.29, 1.82) is 0 Å². The second kappa shape index (κ2) is 12.9. The zero-order chi connectivity index (χ0) is 23.9. The molecule has 4 N–H and O–H groups in total. The van der Waals surface area contributed by atoms with Gasteiger partial charge < -0.3 is 21.3 Å². The molecule has 190 valence electrons. The fourth-order valence-corrected chi connectivity index (χ4v) is 5.23. The van der Waals surface area contributed by atoms with Crippen LogP contribution in [0.1, 0.15) is 50.5 Å². The summed E-state index contributed by atoms with van der Waals surface area (Å²) < 4.78 is 0. The first-order valence-corrected chi connectivity index (χ1v) is 12.6. The molecule has 1 saturated heterocycles. The van der Waals surface area contributed by atoms with Crippen LogP contribution in [0.2, 0.25) is 0 Å². The number of rotatable bonds is 9. The Morgan fingerprint density at radius 1 is 1.00 bits per heavy atom. The fraction of sp³-hybridized carbons (Fsp3) is 0.519. The highest BCUT2D eigenvalue weighted by Crippen LogP contribution is 2.30. The molecule has 1 heterocycles. The number of hydrogen-bond acceptors (Lipinski definition) is 4. The molecule has 2 fully saturated rings. The lowest BCUT2D eigenvalue weighted by Crippen LogP contribution is -2.54. The van der Waals surface area contributed by atoms with Crippen LogP contribution in [0.3, 0.4) is 0 Å². The van der Waals surface area contributed by atoms with Crippen molar-refractivity contribution < 1.29 is 14.4 Å². The summed E-state index contributed by atoms with van der Waals surface area (Å²) in [6, 6.07) is 13.0. The minimum Gasteiger partial charge on any atom is -0.354 e. The molecule has 0 aromatic heterocycles. The van der Waals surface area contributed by atoms with Gasteiger partial charge in [0.15, 0.2) is 0 Å². The quantitative estimate of drug-likeness (QED) is 0.460. The van der Waals surface area contributed by atoms with Crippen LogP contribution < -0.4 is 16.4 Å². The lowest BCUT2D eigenvalue weighted by molar-refractivity contribution is -0.142. The van der Waals surface area contributed by atoms with E-state index in [-0.39, 0.29) is 36.0 Å². The van der Waals surface area contributed by atoms with E-state index in [0.29, 0.717) is 38.9 Å². The van der Waals surface area contributed by atoms with Crippen LogP contribution in [0.15, 0.2) is 42.5 Å². The van der Waals surface area contributed by atoms with E-state index >= 15 is 0 Å². The summed E-state index contributed by atoms with van der Waals surface area (Å²) in [6.07, 6.45) is 6.50. The van der Waals surface area contributed by atoms with Gasteiger partial charge in [0.2, 0.25) is 17.7 Å². The van der Waals surface area contributed by atoms with Gasteiger partial charge >= 0.3 is 0 Å². The van der Waals surface area contributed by atoms with Crippen LogP contribution >= 0.6 is 12.4 Å². The number of likely N-dealkylation sites (tertiary alicyclic amines) is 1. The molecular formula is C27H37ClN4O3. The number of benzene rings is 2. The molecule has 35 heavy (non-hydrogen) atoms. The molecule has 0 spiro atoms. The van der Waals surface area contributed by atoms with Crippen LogP contribution in [-0.2, 0) is 20.8 Å². The number of halogens is 1. The first-order valence-electron chi connectivity index (χ1n) is 12.6. The summed E-state index contributed by atoms with van der Waals surface area (Å²) in [5, 5.41) is 8.11. The molecule has 0 radical (unpaired) electrons. The van der Waals surface area contributed by atoms with Crippen LogP contribution in [-0.4, -0.2) is 54.3 Å². The van der Waals surface area contributed by atoms with Gasteiger partial charge in [0.25, 0.3) is 0 Å².